The van der Waals surface area contributed by atoms with Crippen molar-refractivity contribution in [2.75, 3.05) is 30.4 Å². The number of benzene rings is 1. The van der Waals surface area contributed by atoms with Gasteiger partial charge in [-0.1, -0.05) is 38.1 Å². The number of thioether (sulfide) groups is 1. The molecule has 1 atom stereocenters. The minimum Gasteiger partial charge on any atom is -0.455 e. The van der Waals surface area contributed by atoms with Crippen molar-refractivity contribution in [2.45, 2.75) is 37.9 Å². The second-order valence-corrected chi connectivity index (χ2v) is 10.5. The van der Waals surface area contributed by atoms with Crippen LogP contribution < -0.4 is 5.32 Å². The van der Waals surface area contributed by atoms with Gasteiger partial charge < -0.3 is 10.1 Å². The smallest absolute Gasteiger partial charge is 0.316 e. The van der Waals surface area contributed by atoms with E-state index >= 15 is 0 Å². The van der Waals surface area contributed by atoms with Crippen molar-refractivity contribution in [3.8, 4) is 0 Å². The van der Waals surface area contributed by atoms with Crippen LogP contribution in [0.25, 0.3) is 0 Å². The van der Waals surface area contributed by atoms with Crippen molar-refractivity contribution in [1.82, 2.24) is 5.32 Å². The monoisotopic (exact) mass is 413 g/mol. The van der Waals surface area contributed by atoms with Crippen LogP contribution in [0.4, 0.5) is 0 Å². The van der Waals surface area contributed by atoms with Crippen molar-refractivity contribution in [1.29, 1.82) is 0 Å². The van der Waals surface area contributed by atoms with Crippen LogP contribution in [0.2, 0.25) is 0 Å². The molecule has 2 rings (SSSR count). The van der Waals surface area contributed by atoms with Gasteiger partial charge in [0.25, 0.3) is 5.91 Å². The lowest BCUT2D eigenvalue weighted by Gasteiger charge is -2.09. The summed E-state index contributed by atoms with van der Waals surface area (Å²) < 4.78 is 27.7. The van der Waals surface area contributed by atoms with Gasteiger partial charge >= 0.3 is 5.97 Å². The van der Waals surface area contributed by atoms with Crippen LogP contribution >= 0.6 is 11.8 Å². The van der Waals surface area contributed by atoms with Gasteiger partial charge in [-0.25, -0.2) is 8.42 Å². The molecule has 1 aromatic rings. The average molecular weight is 414 g/mol. The fourth-order valence-electron chi connectivity index (χ4n) is 2.73. The third kappa shape index (κ3) is 7.92. The van der Waals surface area contributed by atoms with Crippen LogP contribution in [-0.2, 0) is 30.6 Å². The largest absolute Gasteiger partial charge is 0.455 e. The highest BCUT2D eigenvalue weighted by atomic mass is 32.2. The third-order valence-corrected chi connectivity index (χ3v) is 7.63. The maximum Gasteiger partial charge on any atom is 0.316 e. The Morgan fingerprint density at radius 2 is 1.96 bits per heavy atom. The minimum atomic E-state index is -2.95. The Labute approximate surface area is 165 Å². The van der Waals surface area contributed by atoms with Crippen molar-refractivity contribution in [3.63, 3.8) is 0 Å². The first-order chi connectivity index (χ1) is 12.7. The van der Waals surface area contributed by atoms with Gasteiger partial charge in [0, 0.05) is 11.8 Å². The van der Waals surface area contributed by atoms with E-state index in [1.165, 1.54) is 17.3 Å². The van der Waals surface area contributed by atoms with Crippen molar-refractivity contribution in [2.24, 2.45) is 0 Å². The van der Waals surface area contributed by atoms with E-state index in [9.17, 15) is 18.0 Å². The van der Waals surface area contributed by atoms with E-state index in [1.54, 1.807) is 0 Å². The maximum absolute atomic E-state index is 11.8. The van der Waals surface area contributed by atoms with Crippen LogP contribution in [0.15, 0.2) is 24.3 Å². The van der Waals surface area contributed by atoms with E-state index in [-0.39, 0.29) is 35.0 Å². The van der Waals surface area contributed by atoms with E-state index in [2.05, 4.69) is 43.4 Å². The number of rotatable bonds is 9. The summed E-state index contributed by atoms with van der Waals surface area (Å²) in [6, 6.07) is 8.30. The molecule has 0 unspecified atom stereocenters. The molecule has 0 aromatic heterocycles. The molecular weight excluding hydrogens is 386 g/mol. The number of hydrogen-bond acceptors (Lipinski definition) is 6. The Morgan fingerprint density at radius 1 is 1.26 bits per heavy atom. The highest BCUT2D eigenvalue weighted by Crippen LogP contribution is 2.24. The number of carbonyl (C=O) groups is 2. The predicted octanol–water partition coefficient (Wildman–Crippen LogP) is 1.93. The Hall–Kier alpha value is -1.54. The van der Waals surface area contributed by atoms with Crippen LogP contribution in [0.1, 0.15) is 37.3 Å². The molecule has 1 amide bonds. The first-order valence-corrected chi connectivity index (χ1v) is 12.0. The summed E-state index contributed by atoms with van der Waals surface area (Å²) in [5.74, 6) is 0.0191. The molecular formula is C19H27NO5S2. The topological polar surface area (TPSA) is 89.5 Å². The molecule has 0 radical (unpaired) electrons. The molecule has 0 aliphatic carbocycles. The zero-order valence-corrected chi connectivity index (χ0v) is 17.4. The number of esters is 1. The Bertz CT molecular complexity index is 744. The molecule has 150 valence electrons. The lowest BCUT2D eigenvalue weighted by molar-refractivity contribution is -0.145. The van der Waals surface area contributed by atoms with Gasteiger partial charge in [-0.15, -0.1) is 11.8 Å². The number of sulfone groups is 1. The average Bonchev–Trinajstić information content (AvgIpc) is 2.97. The summed E-state index contributed by atoms with van der Waals surface area (Å²) in [6.45, 7) is 4.45. The summed E-state index contributed by atoms with van der Waals surface area (Å²) in [6.07, 6.45) is 1.28. The molecule has 1 aliphatic rings. The van der Waals surface area contributed by atoms with E-state index in [1.807, 2.05) is 0 Å². The molecule has 1 N–H and O–H groups in total. The van der Waals surface area contributed by atoms with Gasteiger partial charge in [-0.2, -0.15) is 0 Å². The fourth-order valence-corrected chi connectivity index (χ4v) is 6.17. The molecule has 8 heteroatoms. The molecule has 0 saturated carbocycles. The molecule has 0 spiro atoms. The first kappa shape index (κ1) is 21.8. The molecule has 1 fully saturated rings. The normalized spacial score (nSPS) is 18.4. The van der Waals surface area contributed by atoms with Crippen LogP contribution in [0.3, 0.4) is 0 Å². The van der Waals surface area contributed by atoms with Crippen molar-refractivity contribution in [3.05, 3.63) is 35.4 Å². The van der Waals surface area contributed by atoms with Gasteiger partial charge in [0.2, 0.25) is 0 Å². The predicted molar refractivity (Wildman–Crippen MR) is 108 cm³/mol. The Morgan fingerprint density at radius 3 is 2.56 bits per heavy atom. The van der Waals surface area contributed by atoms with E-state index < -0.39 is 15.8 Å². The summed E-state index contributed by atoms with van der Waals surface area (Å²) in [5.41, 5.74) is 2.42. The summed E-state index contributed by atoms with van der Waals surface area (Å²) in [4.78, 5) is 23.4. The second kappa shape index (κ2) is 10.1. The van der Waals surface area contributed by atoms with Gasteiger partial charge in [0.1, 0.15) is 0 Å². The quantitative estimate of drug-likeness (QED) is 0.622. The minimum absolute atomic E-state index is 0.0570. The Kier molecular flexibility index (Phi) is 8.16. The Balaban J connectivity index is 1.58. The molecule has 0 bridgehead atoms. The molecule has 1 heterocycles. The SMILES string of the molecule is CC(C)c1ccc(CCNC(=O)COC(=O)CS[C@H]2CCS(=O)(=O)C2)cc1. The zero-order chi connectivity index (χ0) is 19.9. The van der Waals surface area contributed by atoms with Crippen LogP contribution in [-0.4, -0.2) is 56.0 Å². The van der Waals surface area contributed by atoms with E-state index in [4.69, 9.17) is 4.74 Å². The number of ether oxygens (including phenoxy) is 1. The van der Waals surface area contributed by atoms with Gasteiger partial charge in [-0.3, -0.25) is 9.59 Å². The fraction of sp³-hybridized carbons (Fsp3) is 0.579. The number of carbonyl (C=O) groups excluding carboxylic acids is 2. The lowest BCUT2D eigenvalue weighted by Crippen LogP contribution is -2.30. The van der Waals surface area contributed by atoms with E-state index in [0.29, 0.717) is 25.3 Å². The van der Waals surface area contributed by atoms with Crippen molar-refractivity contribution < 1.29 is 22.7 Å². The number of amides is 1. The van der Waals surface area contributed by atoms with E-state index in [0.717, 1.165) is 5.56 Å². The van der Waals surface area contributed by atoms with Crippen LogP contribution in [0.5, 0.6) is 0 Å². The van der Waals surface area contributed by atoms with Gasteiger partial charge in [-0.05, 0) is 29.9 Å². The highest BCUT2D eigenvalue weighted by molar-refractivity contribution is 8.02. The molecule has 1 aromatic carbocycles. The third-order valence-electron chi connectivity index (χ3n) is 4.37. The summed E-state index contributed by atoms with van der Waals surface area (Å²) in [5, 5.41) is 2.67. The number of hydrogen-bond donors (Lipinski definition) is 1. The molecule has 27 heavy (non-hydrogen) atoms. The first-order valence-electron chi connectivity index (χ1n) is 9.08. The van der Waals surface area contributed by atoms with Gasteiger partial charge in [0.15, 0.2) is 16.4 Å². The maximum atomic E-state index is 11.8. The van der Waals surface area contributed by atoms with Gasteiger partial charge in [0.05, 0.1) is 17.3 Å². The summed E-state index contributed by atoms with van der Waals surface area (Å²) in [7, 11) is -2.95. The van der Waals surface area contributed by atoms with Crippen LogP contribution in [0, 0.1) is 0 Å². The molecule has 1 aliphatic heterocycles. The zero-order valence-electron chi connectivity index (χ0n) is 15.8. The summed E-state index contributed by atoms with van der Waals surface area (Å²) >= 11 is 1.28. The standard InChI is InChI=1S/C19H27NO5S2/c1-14(2)16-5-3-15(4-6-16)7-9-20-18(21)11-25-19(22)12-26-17-8-10-27(23,24)13-17/h3-6,14,17H,7-13H2,1-2H3,(H,20,21)/t17-/m0/s1. The second-order valence-electron chi connectivity index (χ2n) is 6.99. The molecule has 6 nitrogen and oxygen atoms in total. The number of nitrogens with one attached hydrogen (secondary N) is 1. The molecule has 1 saturated heterocycles. The lowest BCUT2D eigenvalue weighted by atomic mass is 10.0. The van der Waals surface area contributed by atoms with Crippen molar-refractivity contribution >= 4 is 33.5 Å². The highest BCUT2D eigenvalue weighted by Gasteiger charge is 2.28.